The molecule has 0 unspecified atom stereocenters. The van der Waals surface area contributed by atoms with Crippen molar-refractivity contribution in [3.05, 3.63) is 24.3 Å². The first-order chi connectivity index (χ1) is 10.1. The Kier molecular flexibility index (Phi) is 5.20. The molecule has 2 amide bonds. The molecule has 1 aromatic carbocycles. The fraction of sp³-hybridized carbons (Fsp3) is 0.500. The second-order valence-corrected chi connectivity index (χ2v) is 5.43. The highest BCUT2D eigenvalue weighted by Crippen LogP contribution is 2.19. The number of hydrogen-bond donors (Lipinski definition) is 1. The van der Waals surface area contributed by atoms with E-state index in [2.05, 4.69) is 12.2 Å². The van der Waals surface area contributed by atoms with Gasteiger partial charge in [0.2, 0.25) is 5.91 Å². The Morgan fingerprint density at radius 2 is 2.19 bits per heavy atom. The summed E-state index contributed by atoms with van der Waals surface area (Å²) in [7, 11) is 0. The van der Waals surface area contributed by atoms with E-state index in [1.807, 2.05) is 4.90 Å². The van der Waals surface area contributed by atoms with E-state index >= 15 is 0 Å². The number of nitrogens with one attached hydrogen (secondary N) is 1. The third kappa shape index (κ3) is 4.48. The molecule has 0 radical (unpaired) electrons. The van der Waals surface area contributed by atoms with Crippen molar-refractivity contribution in [3.8, 4) is 5.75 Å². The maximum Gasteiger partial charge on any atom is 0.260 e. The summed E-state index contributed by atoms with van der Waals surface area (Å²) in [5.41, 5.74) is 0.666. The largest absolute Gasteiger partial charge is 0.484 e. The Balaban J connectivity index is 1.90. The summed E-state index contributed by atoms with van der Waals surface area (Å²) in [6.07, 6.45) is 3.31. The van der Waals surface area contributed by atoms with Crippen LogP contribution in [0.15, 0.2) is 24.3 Å². The predicted molar refractivity (Wildman–Crippen MR) is 81.3 cm³/mol. The van der Waals surface area contributed by atoms with Gasteiger partial charge in [0.25, 0.3) is 5.91 Å². The molecule has 1 heterocycles. The lowest BCUT2D eigenvalue weighted by molar-refractivity contribution is -0.136. The second-order valence-electron chi connectivity index (χ2n) is 5.43. The molecule has 0 aliphatic carbocycles. The summed E-state index contributed by atoms with van der Waals surface area (Å²) < 4.78 is 5.55. The van der Waals surface area contributed by atoms with Crippen LogP contribution in [-0.2, 0) is 9.59 Å². The van der Waals surface area contributed by atoms with Gasteiger partial charge in [0.05, 0.1) is 0 Å². The lowest BCUT2D eigenvalue weighted by Crippen LogP contribution is -2.44. The van der Waals surface area contributed by atoms with Gasteiger partial charge < -0.3 is 15.0 Å². The molecular weight excluding hydrogens is 268 g/mol. The Bertz CT molecular complexity index is 516. The van der Waals surface area contributed by atoms with Crippen LogP contribution >= 0.6 is 0 Å². The van der Waals surface area contributed by atoms with Crippen molar-refractivity contribution in [3.63, 3.8) is 0 Å². The van der Waals surface area contributed by atoms with Crippen molar-refractivity contribution >= 4 is 17.5 Å². The van der Waals surface area contributed by atoms with Gasteiger partial charge in [0.1, 0.15) is 5.75 Å². The molecular formula is C16H22N2O3. The Morgan fingerprint density at radius 1 is 1.38 bits per heavy atom. The van der Waals surface area contributed by atoms with Crippen LogP contribution in [0.3, 0.4) is 0 Å². The summed E-state index contributed by atoms with van der Waals surface area (Å²) in [4.78, 5) is 25.1. The van der Waals surface area contributed by atoms with Crippen LogP contribution in [0.1, 0.15) is 33.1 Å². The molecule has 0 saturated carbocycles. The quantitative estimate of drug-likeness (QED) is 0.926. The summed E-state index contributed by atoms with van der Waals surface area (Å²) in [6.45, 7) is 4.38. The van der Waals surface area contributed by atoms with Gasteiger partial charge in [-0.05, 0) is 38.3 Å². The number of piperidine rings is 1. The van der Waals surface area contributed by atoms with Crippen molar-refractivity contribution in [2.75, 3.05) is 18.5 Å². The summed E-state index contributed by atoms with van der Waals surface area (Å²) in [5.74, 6) is 0.469. The summed E-state index contributed by atoms with van der Waals surface area (Å²) >= 11 is 0. The monoisotopic (exact) mass is 290 g/mol. The minimum absolute atomic E-state index is 0.0205. The summed E-state index contributed by atoms with van der Waals surface area (Å²) in [6, 6.07) is 7.35. The molecule has 0 spiro atoms. The van der Waals surface area contributed by atoms with Gasteiger partial charge in [-0.25, -0.2) is 0 Å². The summed E-state index contributed by atoms with van der Waals surface area (Å²) in [5, 5.41) is 2.69. The molecule has 1 atom stereocenters. The predicted octanol–water partition coefficient (Wildman–Crippen LogP) is 2.42. The van der Waals surface area contributed by atoms with Crippen LogP contribution in [0.25, 0.3) is 0 Å². The average Bonchev–Trinajstić information content (AvgIpc) is 2.45. The number of carbonyl (C=O) groups excluding carboxylic acids is 2. The van der Waals surface area contributed by atoms with E-state index in [0.29, 0.717) is 17.5 Å². The first-order valence-electron chi connectivity index (χ1n) is 7.36. The number of benzene rings is 1. The fourth-order valence-corrected chi connectivity index (χ4v) is 2.56. The maximum atomic E-state index is 12.2. The van der Waals surface area contributed by atoms with Gasteiger partial charge in [-0.15, -0.1) is 0 Å². The maximum absolute atomic E-state index is 12.2. The number of rotatable bonds is 4. The van der Waals surface area contributed by atoms with Crippen molar-refractivity contribution in [2.45, 2.75) is 39.2 Å². The van der Waals surface area contributed by atoms with E-state index in [0.717, 1.165) is 19.4 Å². The zero-order valence-corrected chi connectivity index (χ0v) is 12.6. The lowest BCUT2D eigenvalue weighted by atomic mass is 10.0. The average molecular weight is 290 g/mol. The molecule has 114 valence electrons. The van der Waals surface area contributed by atoms with E-state index in [9.17, 15) is 9.59 Å². The number of amides is 2. The van der Waals surface area contributed by atoms with Crippen LogP contribution in [0.2, 0.25) is 0 Å². The van der Waals surface area contributed by atoms with E-state index in [1.165, 1.54) is 13.3 Å². The number of carbonyl (C=O) groups is 2. The number of hydrogen-bond acceptors (Lipinski definition) is 3. The van der Waals surface area contributed by atoms with E-state index < -0.39 is 0 Å². The van der Waals surface area contributed by atoms with Crippen molar-refractivity contribution in [1.82, 2.24) is 4.90 Å². The van der Waals surface area contributed by atoms with Gasteiger partial charge in [-0.1, -0.05) is 6.07 Å². The lowest BCUT2D eigenvalue weighted by Gasteiger charge is -2.33. The molecule has 5 heteroatoms. The molecule has 1 aliphatic heterocycles. The normalized spacial score (nSPS) is 18.2. The Hall–Kier alpha value is -2.04. The smallest absolute Gasteiger partial charge is 0.260 e. The first-order valence-corrected chi connectivity index (χ1v) is 7.36. The van der Waals surface area contributed by atoms with Crippen LogP contribution in [-0.4, -0.2) is 35.9 Å². The zero-order chi connectivity index (χ0) is 15.2. The highest BCUT2D eigenvalue weighted by Gasteiger charge is 2.23. The number of ether oxygens (including phenoxy) is 1. The molecule has 1 N–H and O–H groups in total. The number of nitrogens with zero attached hydrogens (tertiary/aromatic N) is 1. The molecule has 0 bridgehead atoms. The topological polar surface area (TPSA) is 58.6 Å². The van der Waals surface area contributed by atoms with E-state index in [4.69, 9.17) is 4.74 Å². The van der Waals surface area contributed by atoms with E-state index in [-0.39, 0.29) is 18.4 Å². The number of anilines is 1. The highest BCUT2D eigenvalue weighted by atomic mass is 16.5. The van der Waals surface area contributed by atoms with Crippen LogP contribution in [0, 0.1) is 0 Å². The van der Waals surface area contributed by atoms with Crippen LogP contribution < -0.4 is 10.1 Å². The molecule has 1 aliphatic rings. The Labute approximate surface area is 125 Å². The van der Waals surface area contributed by atoms with Gasteiger partial charge in [0, 0.05) is 31.3 Å². The molecule has 0 aromatic heterocycles. The first kappa shape index (κ1) is 15.4. The van der Waals surface area contributed by atoms with Crippen molar-refractivity contribution in [2.24, 2.45) is 0 Å². The van der Waals surface area contributed by atoms with Crippen molar-refractivity contribution in [1.29, 1.82) is 0 Å². The Morgan fingerprint density at radius 3 is 2.90 bits per heavy atom. The molecule has 5 nitrogen and oxygen atoms in total. The molecule has 1 saturated heterocycles. The van der Waals surface area contributed by atoms with Crippen LogP contribution in [0.5, 0.6) is 5.75 Å². The molecule has 21 heavy (non-hydrogen) atoms. The minimum atomic E-state index is -0.134. The fourth-order valence-electron chi connectivity index (χ4n) is 2.56. The third-order valence-corrected chi connectivity index (χ3v) is 3.64. The van der Waals surface area contributed by atoms with Gasteiger partial charge >= 0.3 is 0 Å². The molecule has 2 rings (SSSR count). The van der Waals surface area contributed by atoms with Crippen molar-refractivity contribution < 1.29 is 14.3 Å². The molecule has 1 aromatic rings. The third-order valence-electron chi connectivity index (χ3n) is 3.64. The van der Waals surface area contributed by atoms with E-state index in [1.54, 1.807) is 24.3 Å². The SMILES string of the molecule is CC(=O)Nc1cccc(OCC(=O)N2CCCC[C@H]2C)c1. The minimum Gasteiger partial charge on any atom is -0.484 e. The highest BCUT2D eigenvalue weighted by molar-refractivity contribution is 5.88. The van der Waals surface area contributed by atoms with Gasteiger partial charge in [-0.3, -0.25) is 9.59 Å². The van der Waals surface area contributed by atoms with Gasteiger partial charge in [0.15, 0.2) is 6.61 Å². The zero-order valence-electron chi connectivity index (χ0n) is 12.6. The van der Waals surface area contributed by atoms with Gasteiger partial charge in [-0.2, -0.15) is 0 Å². The second kappa shape index (κ2) is 7.11. The number of likely N-dealkylation sites (tertiary alicyclic amines) is 1. The standard InChI is InChI=1S/C16H22N2O3/c1-12-6-3-4-9-18(12)16(20)11-21-15-8-5-7-14(10-15)17-13(2)19/h5,7-8,10,12H,3-4,6,9,11H2,1-2H3,(H,17,19)/t12-/m1/s1. The van der Waals surface area contributed by atoms with Crippen LogP contribution in [0.4, 0.5) is 5.69 Å². The molecule has 1 fully saturated rings.